The summed E-state index contributed by atoms with van der Waals surface area (Å²) in [4.78, 5) is 29.8. The van der Waals surface area contributed by atoms with Crippen LogP contribution in [0, 0.1) is 0 Å². The van der Waals surface area contributed by atoms with E-state index in [0.717, 1.165) is 0 Å². The molecule has 2 heterocycles. The number of phosphoric ester groups is 1. The number of nitrogens with two attached hydrogens (primary N) is 1. The molecule has 1 saturated heterocycles. The second-order valence-electron chi connectivity index (χ2n) is 4.89. The minimum Gasteiger partial charge on any atom is -0.387 e. The zero-order valence-corrected chi connectivity index (χ0v) is 12.2. The van der Waals surface area contributed by atoms with Crippen LogP contribution >= 0.6 is 7.82 Å². The van der Waals surface area contributed by atoms with Gasteiger partial charge in [0.25, 0.3) is 0 Å². The molecule has 2 rings (SSSR count). The van der Waals surface area contributed by atoms with Crippen molar-refractivity contribution in [1.29, 1.82) is 0 Å². The van der Waals surface area contributed by atoms with Crippen LogP contribution in [0.2, 0.25) is 0 Å². The largest absolute Gasteiger partial charge is 0.469 e. The summed E-state index contributed by atoms with van der Waals surface area (Å²) in [5.74, 6) is -0.622. The molecule has 2 aliphatic heterocycles. The molecule has 0 aromatic heterocycles. The summed E-state index contributed by atoms with van der Waals surface area (Å²) in [6.45, 7) is -0.594. The van der Waals surface area contributed by atoms with Crippen LogP contribution in [-0.2, 0) is 18.6 Å². The number of aliphatic hydroxyl groups excluding tert-OH is 2. The average molecular weight is 336 g/mol. The summed E-state index contributed by atoms with van der Waals surface area (Å²) in [6, 6.07) is 0. The zero-order chi connectivity index (χ0) is 16.5. The number of primary amides is 1. The third-order valence-electron chi connectivity index (χ3n) is 3.27. The van der Waals surface area contributed by atoms with Gasteiger partial charge in [-0.15, -0.1) is 0 Å². The predicted molar refractivity (Wildman–Crippen MR) is 71.5 cm³/mol. The highest BCUT2D eigenvalue weighted by Gasteiger charge is 2.45. The van der Waals surface area contributed by atoms with E-state index in [4.69, 9.17) is 20.3 Å². The number of carbonyl (C=O) groups excluding carboxylic acids is 1. The van der Waals surface area contributed by atoms with Gasteiger partial charge in [0.05, 0.1) is 6.61 Å². The van der Waals surface area contributed by atoms with Gasteiger partial charge in [-0.1, -0.05) is 6.08 Å². The van der Waals surface area contributed by atoms with Crippen molar-refractivity contribution in [3.63, 3.8) is 0 Å². The van der Waals surface area contributed by atoms with E-state index in [1.807, 2.05) is 0 Å². The van der Waals surface area contributed by atoms with Gasteiger partial charge in [-0.2, -0.15) is 0 Å². The number of carbonyl (C=O) groups is 1. The number of nitrogens with zero attached hydrogens (tertiary/aromatic N) is 1. The fourth-order valence-corrected chi connectivity index (χ4v) is 2.52. The number of rotatable bonds is 5. The lowest BCUT2D eigenvalue weighted by Gasteiger charge is -2.28. The van der Waals surface area contributed by atoms with Crippen LogP contribution in [0.1, 0.15) is 6.42 Å². The molecule has 0 saturated carbocycles. The first-order valence-corrected chi connectivity index (χ1v) is 7.88. The van der Waals surface area contributed by atoms with Crippen LogP contribution in [0.25, 0.3) is 0 Å². The molecule has 1 amide bonds. The van der Waals surface area contributed by atoms with E-state index >= 15 is 0 Å². The van der Waals surface area contributed by atoms with Gasteiger partial charge in [0, 0.05) is 18.0 Å². The number of hydrogen-bond acceptors (Lipinski definition) is 7. The molecule has 0 aromatic rings. The normalized spacial score (nSPS) is 32.2. The lowest BCUT2D eigenvalue weighted by Crippen LogP contribution is -2.40. The lowest BCUT2D eigenvalue weighted by molar-refractivity contribution is -0.114. The average Bonchev–Trinajstić information content (AvgIpc) is 2.72. The summed E-state index contributed by atoms with van der Waals surface area (Å²) in [5, 5.41) is 19.8. The molecule has 0 bridgehead atoms. The third-order valence-corrected chi connectivity index (χ3v) is 3.76. The van der Waals surface area contributed by atoms with Gasteiger partial charge in [0.2, 0.25) is 5.91 Å². The standard InChI is InChI=1S/C11H17N2O8P/c12-10(16)6-2-1-3-13(4-6)11-9(15)8(14)7(21-11)5-20-22(17,18)19/h1,3-4,7-9,11,14-15H,2,5H2,(H2,12,16)(H2,17,18,19)/t7-,8-,9-,11-/m1/s1. The highest BCUT2D eigenvalue weighted by Crippen LogP contribution is 2.37. The second-order valence-corrected chi connectivity index (χ2v) is 6.13. The minimum atomic E-state index is -4.71. The van der Waals surface area contributed by atoms with E-state index in [1.54, 1.807) is 12.3 Å². The second kappa shape index (κ2) is 6.47. The van der Waals surface area contributed by atoms with Gasteiger partial charge in [-0.05, 0) is 6.42 Å². The van der Waals surface area contributed by atoms with E-state index in [9.17, 15) is 19.6 Å². The number of hydrogen-bond donors (Lipinski definition) is 5. The maximum Gasteiger partial charge on any atom is 0.469 e. The Hall–Kier alpha value is -1.26. The van der Waals surface area contributed by atoms with Crippen LogP contribution in [0.5, 0.6) is 0 Å². The van der Waals surface area contributed by atoms with Gasteiger partial charge in [-0.25, -0.2) is 4.57 Å². The van der Waals surface area contributed by atoms with Crippen molar-refractivity contribution in [2.75, 3.05) is 6.61 Å². The molecule has 11 heteroatoms. The predicted octanol–water partition coefficient (Wildman–Crippen LogP) is -1.87. The van der Waals surface area contributed by atoms with E-state index in [1.165, 1.54) is 11.1 Å². The molecule has 10 nitrogen and oxygen atoms in total. The van der Waals surface area contributed by atoms with E-state index in [2.05, 4.69) is 4.52 Å². The Bertz CT molecular complexity index is 544. The maximum absolute atomic E-state index is 11.2. The van der Waals surface area contributed by atoms with Crippen LogP contribution in [0.15, 0.2) is 24.0 Å². The number of amides is 1. The molecule has 0 unspecified atom stereocenters. The molecule has 0 radical (unpaired) electrons. The Labute approximate surface area is 125 Å². The Morgan fingerprint density at radius 1 is 1.45 bits per heavy atom. The molecule has 2 aliphatic rings. The Balaban J connectivity index is 2.06. The van der Waals surface area contributed by atoms with Crippen LogP contribution in [0.4, 0.5) is 0 Å². The lowest BCUT2D eigenvalue weighted by atomic mass is 10.1. The minimum absolute atomic E-state index is 0.294. The summed E-state index contributed by atoms with van der Waals surface area (Å²) >= 11 is 0. The van der Waals surface area contributed by atoms with Gasteiger partial charge < -0.3 is 35.4 Å². The summed E-state index contributed by atoms with van der Waals surface area (Å²) < 4.78 is 20.3. The topological polar surface area (TPSA) is 163 Å². The molecule has 0 aromatic carbocycles. The molecular formula is C11H17N2O8P. The number of allylic oxidation sites excluding steroid dienone is 1. The fraction of sp³-hybridized carbons (Fsp3) is 0.545. The molecule has 124 valence electrons. The van der Waals surface area contributed by atoms with Crippen molar-refractivity contribution in [3.05, 3.63) is 24.0 Å². The van der Waals surface area contributed by atoms with Crippen molar-refractivity contribution in [2.45, 2.75) is 31.0 Å². The van der Waals surface area contributed by atoms with Crippen molar-refractivity contribution in [3.8, 4) is 0 Å². The molecule has 4 atom stereocenters. The molecule has 6 N–H and O–H groups in total. The van der Waals surface area contributed by atoms with Crippen molar-refractivity contribution < 1.29 is 38.6 Å². The monoisotopic (exact) mass is 336 g/mol. The zero-order valence-electron chi connectivity index (χ0n) is 11.3. The number of ether oxygens (including phenoxy) is 1. The first kappa shape index (κ1) is 17.1. The van der Waals surface area contributed by atoms with Gasteiger partial charge in [-0.3, -0.25) is 9.32 Å². The highest BCUT2D eigenvalue weighted by atomic mass is 31.2. The first-order chi connectivity index (χ1) is 10.2. The highest BCUT2D eigenvalue weighted by molar-refractivity contribution is 7.46. The summed E-state index contributed by atoms with van der Waals surface area (Å²) in [5.41, 5.74) is 5.48. The molecule has 0 aliphatic carbocycles. The van der Waals surface area contributed by atoms with E-state index in [-0.39, 0.29) is 0 Å². The Morgan fingerprint density at radius 3 is 2.73 bits per heavy atom. The Kier molecular flexibility index (Phi) is 5.03. The quantitative estimate of drug-likeness (QED) is 0.362. The van der Waals surface area contributed by atoms with Gasteiger partial charge >= 0.3 is 7.82 Å². The van der Waals surface area contributed by atoms with Crippen molar-refractivity contribution >= 4 is 13.7 Å². The molecule has 22 heavy (non-hydrogen) atoms. The van der Waals surface area contributed by atoms with E-state index < -0.39 is 44.9 Å². The number of aliphatic hydroxyl groups is 2. The van der Waals surface area contributed by atoms with Gasteiger partial charge in [0.1, 0.15) is 18.3 Å². The summed E-state index contributed by atoms with van der Waals surface area (Å²) in [6.07, 6.45) is -0.0475. The fourth-order valence-electron chi connectivity index (χ4n) is 2.18. The number of phosphoric acid groups is 1. The third kappa shape index (κ3) is 3.93. The molecule has 0 spiro atoms. The van der Waals surface area contributed by atoms with Crippen molar-refractivity contribution in [1.82, 2.24) is 4.90 Å². The molecular weight excluding hydrogens is 319 g/mol. The molecule has 1 fully saturated rings. The van der Waals surface area contributed by atoms with Crippen LogP contribution < -0.4 is 5.73 Å². The van der Waals surface area contributed by atoms with Gasteiger partial charge in [0.15, 0.2) is 6.23 Å². The smallest absolute Gasteiger partial charge is 0.387 e. The Morgan fingerprint density at radius 2 is 2.14 bits per heavy atom. The van der Waals surface area contributed by atoms with Crippen LogP contribution in [-0.4, -0.2) is 62.0 Å². The van der Waals surface area contributed by atoms with Crippen molar-refractivity contribution in [2.24, 2.45) is 5.73 Å². The SMILES string of the molecule is NC(=O)C1=CN([C@@H]2O[C@H](COP(=O)(O)O)[C@@H](O)[C@H]2O)C=CC1. The van der Waals surface area contributed by atoms with Crippen LogP contribution in [0.3, 0.4) is 0 Å². The van der Waals surface area contributed by atoms with E-state index in [0.29, 0.717) is 12.0 Å². The first-order valence-electron chi connectivity index (χ1n) is 6.35. The maximum atomic E-state index is 11.2. The summed E-state index contributed by atoms with van der Waals surface area (Å²) in [7, 11) is -4.71.